The smallest absolute Gasteiger partial charge is 0.417 e. The highest BCUT2D eigenvalue weighted by Crippen LogP contribution is 2.30. The molecule has 0 aliphatic heterocycles. The normalized spacial score (nSPS) is 12.4. The van der Waals surface area contributed by atoms with Gasteiger partial charge in [-0.25, -0.2) is 9.67 Å². The van der Waals surface area contributed by atoms with E-state index in [2.05, 4.69) is 15.4 Å². The minimum atomic E-state index is -4.45. The number of amides is 1. The van der Waals surface area contributed by atoms with Gasteiger partial charge in [-0.05, 0) is 43.7 Å². The molecule has 0 spiro atoms. The number of carbonyl (C=O) groups excluding carboxylic acids is 1. The van der Waals surface area contributed by atoms with Crippen molar-refractivity contribution in [3.8, 4) is 11.6 Å². The molecule has 0 aliphatic carbocycles. The number of rotatable bonds is 6. The molecule has 29 heavy (non-hydrogen) atoms. The number of carbonyl (C=O) groups is 1. The highest BCUT2D eigenvalue weighted by Gasteiger charge is 2.30. The number of anilines is 1. The first-order valence-corrected chi connectivity index (χ1v) is 8.94. The molecule has 0 fully saturated rings. The lowest BCUT2D eigenvalue weighted by molar-refractivity contribution is -0.137. The van der Waals surface area contributed by atoms with E-state index in [-0.39, 0.29) is 17.8 Å². The van der Waals surface area contributed by atoms with Gasteiger partial charge in [-0.15, -0.1) is 0 Å². The molecule has 1 atom stereocenters. The summed E-state index contributed by atoms with van der Waals surface area (Å²) in [5.74, 6) is 0.652. The van der Waals surface area contributed by atoms with Crippen molar-refractivity contribution in [2.45, 2.75) is 32.5 Å². The highest BCUT2D eigenvalue weighted by molar-refractivity contribution is 6.03. The topological polar surface area (TPSA) is 69.0 Å². The van der Waals surface area contributed by atoms with Crippen LogP contribution in [0.2, 0.25) is 0 Å². The summed E-state index contributed by atoms with van der Waals surface area (Å²) in [7, 11) is 0. The number of pyridine rings is 1. The second-order valence-corrected chi connectivity index (χ2v) is 6.38. The molecule has 0 aliphatic rings. The predicted molar refractivity (Wildman–Crippen MR) is 101 cm³/mol. The Labute approximate surface area is 165 Å². The largest absolute Gasteiger partial charge is 0.439 e. The molecule has 152 valence electrons. The number of nitrogens with zero attached hydrogens (tertiary/aromatic N) is 3. The summed E-state index contributed by atoms with van der Waals surface area (Å²) in [5, 5.41) is 7.03. The lowest BCUT2D eigenvalue weighted by Gasteiger charge is -2.14. The van der Waals surface area contributed by atoms with E-state index < -0.39 is 11.7 Å². The van der Waals surface area contributed by atoms with Crippen molar-refractivity contribution >= 4 is 11.7 Å². The Balaban J connectivity index is 1.65. The Morgan fingerprint density at radius 1 is 1.17 bits per heavy atom. The molecule has 1 unspecified atom stereocenters. The summed E-state index contributed by atoms with van der Waals surface area (Å²) in [5.41, 5.74) is -0.455. The molecule has 1 N–H and O–H groups in total. The molecule has 1 amide bonds. The van der Waals surface area contributed by atoms with Crippen molar-refractivity contribution in [3.63, 3.8) is 0 Å². The molecule has 3 aromatic rings. The second kappa shape index (κ2) is 8.34. The maximum absolute atomic E-state index is 12.6. The molecule has 0 bridgehead atoms. The zero-order chi connectivity index (χ0) is 21.0. The average Bonchev–Trinajstić information content (AvgIpc) is 3.15. The number of nitrogens with one attached hydrogen (secondary N) is 1. The van der Waals surface area contributed by atoms with Crippen LogP contribution in [0.4, 0.5) is 19.0 Å². The molecule has 9 heteroatoms. The van der Waals surface area contributed by atoms with Crippen molar-refractivity contribution in [2.24, 2.45) is 0 Å². The van der Waals surface area contributed by atoms with Gasteiger partial charge in [0.2, 0.25) is 5.88 Å². The van der Waals surface area contributed by atoms with Crippen LogP contribution >= 0.6 is 0 Å². The van der Waals surface area contributed by atoms with Crippen LogP contribution in [0.3, 0.4) is 0 Å². The molecule has 1 aromatic carbocycles. The monoisotopic (exact) mass is 404 g/mol. The number of halogens is 3. The van der Waals surface area contributed by atoms with Crippen LogP contribution in [0.1, 0.15) is 42.2 Å². The van der Waals surface area contributed by atoms with Crippen molar-refractivity contribution in [1.82, 2.24) is 14.8 Å². The van der Waals surface area contributed by atoms with E-state index in [0.29, 0.717) is 23.3 Å². The summed E-state index contributed by atoms with van der Waals surface area (Å²) in [6.07, 6.45) is -1.26. The first-order valence-electron chi connectivity index (χ1n) is 8.94. The first-order chi connectivity index (χ1) is 13.8. The Kier molecular flexibility index (Phi) is 5.86. The van der Waals surface area contributed by atoms with Crippen LogP contribution in [0.15, 0.2) is 54.9 Å². The van der Waals surface area contributed by atoms with E-state index in [9.17, 15) is 18.0 Å². The lowest BCUT2D eigenvalue weighted by atomic mass is 10.2. The Morgan fingerprint density at radius 2 is 1.90 bits per heavy atom. The van der Waals surface area contributed by atoms with Crippen molar-refractivity contribution in [2.75, 3.05) is 5.32 Å². The van der Waals surface area contributed by atoms with Gasteiger partial charge in [0.25, 0.3) is 5.91 Å². The standard InChI is InChI=1S/C20H19F3N4O2/c1-3-13(2)27-17(10-11-25-27)26-19(28)14-4-7-16(8-5-14)29-18-9-6-15(12-24-18)20(21,22)23/h4-13H,3H2,1-2H3,(H,26,28). The van der Waals surface area contributed by atoms with Gasteiger partial charge < -0.3 is 10.1 Å². The molecular formula is C20H19F3N4O2. The summed E-state index contributed by atoms with van der Waals surface area (Å²) in [4.78, 5) is 16.1. The summed E-state index contributed by atoms with van der Waals surface area (Å²) in [6.45, 7) is 4.03. The van der Waals surface area contributed by atoms with Gasteiger partial charge in [0.1, 0.15) is 11.6 Å². The van der Waals surface area contributed by atoms with E-state index in [1.54, 1.807) is 41.2 Å². The maximum atomic E-state index is 12.6. The number of hydrogen-bond acceptors (Lipinski definition) is 4. The molecule has 6 nitrogen and oxygen atoms in total. The number of alkyl halides is 3. The fraction of sp³-hybridized carbons (Fsp3) is 0.250. The van der Waals surface area contributed by atoms with Gasteiger partial charge in [-0.2, -0.15) is 18.3 Å². The lowest BCUT2D eigenvalue weighted by Crippen LogP contribution is -2.17. The zero-order valence-corrected chi connectivity index (χ0v) is 15.8. The van der Waals surface area contributed by atoms with E-state index in [4.69, 9.17) is 4.74 Å². The van der Waals surface area contributed by atoms with Crippen LogP contribution in [-0.2, 0) is 6.18 Å². The van der Waals surface area contributed by atoms with Gasteiger partial charge in [0.15, 0.2) is 0 Å². The minimum absolute atomic E-state index is 0.0210. The third-order valence-corrected chi connectivity index (χ3v) is 4.32. The number of benzene rings is 1. The van der Waals surface area contributed by atoms with Crippen LogP contribution in [0.25, 0.3) is 0 Å². The fourth-order valence-electron chi connectivity index (χ4n) is 2.53. The molecule has 0 saturated carbocycles. The second-order valence-electron chi connectivity index (χ2n) is 6.38. The van der Waals surface area contributed by atoms with E-state index >= 15 is 0 Å². The minimum Gasteiger partial charge on any atom is -0.439 e. The fourth-order valence-corrected chi connectivity index (χ4v) is 2.53. The molecule has 0 radical (unpaired) electrons. The Bertz CT molecular complexity index is 967. The molecule has 2 heterocycles. The molecule has 0 saturated heterocycles. The van der Waals surface area contributed by atoms with Crippen LogP contribution in [0.5, 0.6) is 11.6 Å². The Hall–Kier alpha value is -3.36. The van der Waals surface area contributed by atoms with Crippen molar-refractivity contribution in [3.05, 3.63) is 66.0 Å². The van der Waals surface area contributed by atoms with Crippen LogP contribution in [-0.4, -0.2) is 20.7 Å². The highest BCUT2D eigenvalue weighted by atomic mass is 19.4. The summed E-state index contributed by atoms with van der Waals surface area (Å²) in [6, 6.07) is 10.1. The maximum Gasteiger partial charge on any atom is 0.417 e. The summed E-state index contributed by atoms with van der Waals surface area (Å²) < 4.78 is 44.9. The summed E-state index contributed by atoms with van der Waals surface area (Å²) >= 11 is 0. The van der Waals surface area contributed by atoms with E-state index in [0.717, 1.165) is 18.6 Å². The quantitative estimate of drug-likeness (QED) is 0.604. The molecule has 2 aromatic heterocycles. The predicted octanol–water partition coefficient (Wildman–Crippen LogP) is 5.31. The SMILES string of the molecule is CCC(C)n1nccc1NC(=O)c1ccc(Oc2ccc(C(F)(F)F)cn2)cc1. The van der Waals surface area contributed by atoms with Gasteiger partial charge in [0.05, 0.1) is 17.8 Å². The van der Waals surface area contributed by atoms with Crippen LogP contribution < -0.4 is 10.1 Å². The van der Waals surface area contributed by atoms with Gasteiger partial charge >= 0.3 is 6.18 Å². The third-order valence-electron chi connectivity index (χ3n) is 4.32. The Morgan fingerprint density at radius 3 is 2.48 bits per heavy atom. The third kappa shape index (κ3) is 4.92. The van der Waals surface area contributed by atoms with Crippen molar-refractivity contribution < 1.29 is 22.7 Å². The molecule has 3 rings (SSSR count). The number of aromatic nitrogens is 3. The molecular weight excluding hydrogens is 385 g/mol. The zero-order valence-electron chi connectivity index (χ0n) is 15.8. The van der Waals surface area contributed by atoms with Crippen LogP contribution in [0, 0.1) is 0 Å². The van der Waals surface area contributed by atoms with Gasteiger partial charge in [-0.1, -0.05) is 6.92 Å². The van der Waals surface area contributed by atoms with Gasteiger partial charge in [-0.3, -0.25) is 4.79 Å². The first kappa shape index (κ1) is 20.4. The number of hydrogen-bond donors (Lipinski definition) is 1. The number of ether oxygens (including phenoxy) is 1. The average molecular weight is 404 g/mol. The van der Waals surface area contributed by atoms with Crippen molar-refractivity contribution in [1.29, 1.82) is 0 Å². The van der Waals surface area contributed by atoms with Gasteiger partial charge in [0, 0.05) is 23.9 Å². The van der Waals surface area contributed by atoms with E-state index in [1.807, 2.05) is 13.8 Å². The van der Waals surface area contributed by atoms with E-state index in [1.165, 1.54) is 0 Å².